The highest BCUT2D eigenvalue weighted by molar-refractivity contribution is 9.10. The van der Waals surface area contributed by atoms with Crippen LogP contribution in [-0.4, -0.2) is 34.8 Å². The fourth-order valence-corrected chi connectivity index (χ4v) is 3.64. The van der Waals surface area contributed by atoms with Crippen molar-refractivity contribution in [1.29, 1.82) is 0 Å². The minimum atomic E-state index is -0.146. The van der Waals surface area contributed by atoms with Crippen molar-refractivity contribution in [1.82, 2.24) is 9.88 Å². The number of piperidine rings is 1. The Bertz CT molecular complexity index is 801. The van der Waals surface area contributed by atoms with E-state index >= 15 is 0 Å². The lowest BCUT2D eigenvalue weighted by molar-refractivity contribution is -0.121. The van der Waals surface area contributed by atoms with Crippen LogP contribution in [0.25, 0.3) is 0 Å². The normalized spacial score (nSPS) is 15.0. The van der Waals surface area contributed by atoms with Gasteiger partial charge >= 0.3 is 0 Å². The summed E-state index contributed by atoms with van der Waals surface area (Å²) in [5.41, 5.74) is 0.462. The van der Waals surface area contributed by atoms with Crippen LogP contribution in [-0.2, 0) is 4.79 Å². The van der Waals surface area contributed by atoms with Crippen molar-refractivity contribution in [3.05, 3.63) is 56.6 Å². The molecule has 0 unspecified atom stereocenters. The number of nitrogens with zero attached hydrogens (tertiary/aromatic N) is 2. The van der Waals surface area contributed by atoms with Gasteiger partial charge in [-0.1, -0.05) is 23.2 Å². The number of likely N-dealkylation sites (tertiary alicyclic amines) is 1. The van der Waals surface area contributed by atoms with Crippen LogP contribution in [0.2, 0.25) is 10.0 Å². The molecule has 0 radical (unpaired) electrons. The van der Waals surface area contributed by atoms with Crippen LogP contribution in [0.15, 0.2) is 41.0 Å². The molecule has 3 rings (SSSR count). The molecule has 0 saturated carbocycles. The highest BCUT2D eigenvalue weighted by atomic mass is 79.9. The zero-order valence-corrected chi connectivity index (χ0v) is 16.8. The topological polar surface area (TPSA) is 62.3 Å². The van der Waals surface area contributed by atoms with Gasteiger partial charge in [0.2, 0.25) is 5.91 Å². The molecule has 1 saturated heterocycles. The van der Waals surface area contributed by atoms with Crippen LogP contribution in [0, 0.1) is 5.92 Å². The van der Waals surface area contributed by atoms with E-state index in [1.165, 1.54) is 0 Å². The van der Waals surface area contributed by atoms with Gasteiger partial charge in [0, 0.05) is 45.3 Å². The molecule has 1 aliphatic rings. The molecule has 1 N–H and O–H groups in total. The van der Waals surface area contributed by atoms with E-state index in [1.807, 2.05) is 6.07 Å². The Morgan fingerprint density at radius 1 is 1.12 bits per heavy atom. The maximum atomic E-state index is 12.6. The van der Waals surface area contributed by atoms with Gasteiger partial charge in [-0.15, -0.1) is 0 Å². The lowest BCUT2D eigenvalue weighted by atomic mass is 9.95. The zero-order valence-electron chi connectivity index (χ0n) is 13.7. The maximum absolute atomic E-state index is 12.6. The third kappa shape index (κ3) is 4.75. The van der Waals surface area contributed by atoms with Crippen molar-refractivity contribution in [2.45, 2.75) is 12.8 Å². The van der Waals surface area contributed by atoms with E-state index in [9.17, 15) is 9.59 Å². The summed E-state index contributed by atoms with van der Waals surface area (Å²) < 4.78 is 0.850. The summed E-state index contributed by atoms with van der Waals surface area (Å²) in [5, 5.41) is 3.68. The Morgan fingerprint density at radius 3 is 2.35 bits per heavy atom. The summed E-state index contributed by atoms with van der Waals surface area (Å²) in [6, 6.07) is 8.36. The minimum Gasteiger partial charge on any atom is -0.339 e. The molecule has 1 aromatic heterocycles. The lowest BCUT2D eigenvalue weighted by Crippen LogP contribution is -2.41. The zero-order chi connectivity index (χ0) is 18.7. The molecular weight excluding hydrogens is 441 g/mol. The molecule has 5 nitrogen and oxygen atoms in total. The number of carbonyl (C=O) groups excluding carboxylic acids is 2. The molecule has 1 fully saturated rings. The predicted octanol–water partition coefficient (Wildman–Crippen LogP) is 4.64. The Balaban J connectivity index is 1.57. The molecule has 2 amide bonds. The molecule has 0 spiro atoms. The van der Waals surface area contributed by atoms with Gasteiger partial charge in [-0.3, -0.25) is 9.59 Å². The number of benzene rings is 1. The van der Waals surface area contributed by atoms with Crippen molar-refractivity contribution in [2.24, 2.45) is 5.92 Å². The second-order valence-corrected chi connectivity index (χ2v) is 7.86. The Morgan fingerprint density at radius 2 is 1.77 bits per heavy atom. The first-order chi connectivity index (χ1) is 12.4. The maximum Gasteiger partial charge on any atom is 0.253 e. The first-order valence-corrected chi connectivity index (χ1v) is 9.65. The molecule has 8 heteroatoms. The van der Waals surface area contributed by atoms with Gasteiger partial charge in [0.1, 0.15) is 5.82 Å². The first kappa shape index (κ1) is 19.1. The predicted molar refractivity (Wildman–Crippen MR) is 106 cm³/mol. The van der Waals surface area contributed by atoms with Crippen LogP contribution < -0.4 is 5.32 Å². The Kier molecular flexibility index (Phi) is 6.16. The molecule has 136 valence electrons. The molecule has 26 heavy (non-hydrogen) atoms. The van der Waals surface area contributed by atoms with E-state index in [1.54, 1.807) is 35.4 Å². The van der Waals surface area contributed by atoms with E-state index < -0.39 is 0 Å². The lowest BCUT2D eigenvalue weighted by Gasteiger charge is -2.31. The average molecular weight is 457 g/mol. The van der Waals surface area contributed by atoms with Gasteiger partial charge in [-0.2, -0.15) is 0 Å². The van der Waals surface area contributed by atoms with Crippen molar-refractivity contribution in [2.75, 3.05) is 18.4 Å². The average Bonchev–Trinajstić information content (AvgIpc) is 2.62. The number of amides is 2. The number of hydrogen-bond acceptors (Lipinski definition) is 3. The van der Waals surface area contributed by atoms with Gasteiger partial charge in [-0.25, -0.2) is 4.98 Å². The second kappa shape index (κ2) is 8.37. The summed E-state index contributed by atoms with van der Waals surface area (Å²) in [7, 11) is 0. The quantitative estimate of drug-likeness (QED) is 0.731. The van der Waals surface area contributed by atoms with Gasteiger partial charge in [0.05, 0.1) is 0 Å². The van der Waals surface area contributed by atoms with Crippen LogP contribution in [0.1, 0.15) is 23.2 Å². The molecule has 1 aromatic carbocycles. The number of aromatic nitrogens is 1. The SMILES string of the molecule is O=C(Nc1ccc(Br)cn1)C1CCN(C(=O)c2cc(Cl)cc(Cl)c2)CC1. The van der Waals surface area contributed by atoms with Crippen LogP contribution in [0.5, 0.6) is 0 Å². The van der Waals surface area contributed by atoms with Crippen LogP contribution in [0.3, 0.4) is 0 Å². The number of pyridine rings is 1. The number of rotatable bonds is 3. The highest BCUT2D eigenvalue weighted by Crippen LogP contribution is 2.24. The van der Waals surface area contributed by atoms with E-state index in [2.05, 4.69) is 26.2 Å². The fourth-order valence-electron chi connectivity index (χ4n) is 2.88. The fraction of sp³-hybridized carbons (Fsp3) is 0.278. The van der Waals surface area contributed by atoms with Gasteiger partial charge in [-0.05, 0) is 59.1 Å². The van der Waals surface area contributed by atoms with E-state index in [0.29, 0.717) is 47.4 Å². The van der Waals surface area contributed by atoms with Crippen molar-refractivity contribution in [3.8, 4) is 0 Å². The molecule has 2 heterocycles. The van der Waals surface area contributed by atoms with Crippen LogP contribution >= 0.6 is 39.1 Å². The highest BCUT2D eigenvalue weighted by Gasteiger charge is 2.28. The summed E-state index contributed by atoms with van der Waals surface area (Å²) in [6.45, 7) is 1.02. The summed E-state index contributed by atoms with van der Waals surface area (Å²) in [6.07, 6.45) is 2.83. The van der Waals surface area contributed by atoms with Crippen LogP contribution in [0.4, 0.5) is 5.82 Å². The van der Waals surface area contributed by atoms with Gasteiger partial charge < -0.3 is 10.2 Å². The van der Waals surface area contributed by atoms with Gasteiger partial charge in [0.15, 0.2) is 0 Å². The summed E-state index contributed by atoms with van der Waals surface area (Å²) in [5.74, 6) is 0.179. The summed E-state index contributed by atoms with van der Waals surface area (Å²) >= 11 is 15.2. The molecule has 2 aromatic rings. The summed E-state index contributed by atoms with van der Waals surface area (Å²) in [4.78, 5) is 30.9. The Labute approximate surface area is 169 Å². The standard InChI is InChI=1S/C18H16BrCl2N3O2/c19-13-1-2-16(22-10-13)23-17(25)11-3-5-24(6-4-11)18(26)12-7-14(20)9-15(21)8-12/h1-2,7-11H,3-6H2,(H,22,23,25). The van der Waals surface area contributed by atoms with E-state index in [-0.39, 0.29) is 17.7 Å². The largest absolute Gasteiger partial charge is 0.339 e. The third-order valence-corrected chi connectivity index (χ3v) is 5.15. The minimum absolute atomic E-state index is 0.0716. The molecular formula is C18H16BrCl2N3O2. The molecule has 0 bridgehead atoms. The second-order valence-electron chi connectivity index (χ2n) is 6.08. The van der Waals surface area contributed by atoms with Crippen molar-refractivity contribution >= 4 is 56.8 Å². The number of halogens is 3. The van der Waals surface area contributed by atoms with Crippen molar-refractivity contribution < 1.29 is 9.59 Å². The van der Waals surface area contributed by atoms with E-state index in [4.69, 9.17) is 23.2 Å². The van der Waals surface area contributed by atoms with Gasteiger partial charge in [0.25, 0.3) is 5.91 Å². The molecule has 1 aliphatic heterocycles. The number of carbonyl (C=O) groups is 2. The number of hydrogen-bond donors (Lipinski definition) is 1. The molecule has 0 aliphatic carbocycles. The smallest absolute Gasteiger partial charge is 0.253 e. The monoisotopic (exact) mass is 455 g/mol. The van der Waals surface area contributed by atoms with Crippen molar-refractivity contribution in [3.63, 3.8) is 0 Å². The number of nitrogens with one attached hydrogen (secondary N) is 1. The number of anilines is 1. The Hall–Kier alpha value is -1.63. The molecule has 0 atom stereocenters. The van der Waals surface area contributed by atoms with E-state index in [0.717, 1.165) is 4.47 Å². The first-order valence-electron chi connectivity index (χ1n) is 8.10. The third-order valence-electron chi connectivity index (χ3n) is 4.24.